The Morgan fingerprint density at radius 2 is 2.19 bits per heavy atom. The van der Waals surface area contributed by atoms with Crippen molar-refractivity contribution in [3.05, 3.63) is 41.6 Å². The number of hydrogen-bond acceptors (Lipinski definition) is 3. The molecule has 2 aromatic rings. The highest BCUT2D eigenvalue weighted by molar-refractivity contribution is 5.88. The first-order chi connectivity index (χ1) is 7.59. The predicted molar refractivity (Wildman–Crippen MR) is 53.0 cm³/mol. The van der Waals surface area contributed by atoms with Crippen LogP contribution in [0, 0.1) is 12.7 Å². The van der Waals surface area contributed by atoms with Crippen LogP contribution >= 0.6 is 0 Å². The van der Waals surface area contributed by atoms with E-state index in [2.05, 4.69) is 10.1 Å². The third-order valence-electron chi connectivity index (χ3n) is 2.17. The molecule has 16 heavy (non-hydrogen) atoms. The summed E-state index contributed by atoms with van der Waals surface area (Å²) in [4.78, 5) is 14.6. The second-order valence-corrected chi connectivity index (χ2v) is 3.20. The van der Waals surface area contributed by atoms with Gasteiger partial charge in [-0.15, -0.1) is 0 Å². The number of carbonyl (C=O) groups is 1. The molecule has 0 amide bonds. The van der Waals surface area contributed by atoms with Gasteiger partial charge in [0.15, 0.2) is 5.82 Å². The summed E-state index contributed by atoms with van der Waals surface area (Å²) in [7, 11) is 0. The van der Waals surface area contributed by atoms with E-state index in [0.717, 1.165) is 6.20 Å². The quantitative estimate of drug-likeness (QED) is 0.832. The third-order valence-corrected chi connectivity index (χ3v) is 2.17. The standard InChI is InChI=1S/C10H8FN3O2/c1-6-8(10(15)16)5-13-14(6)9-3-2-7(11)4-12-9/h2-5H,1H3,(H,15,16). The van der Waals surface area contributed by atoms with Gasteiger partial charge in [0, 0.05) is 0 Å². The lowest BCUT2D eigenvalue weighted by molar-refractivity contribution is 0.0696. The first kappa shape index (κ1) is 10.3. The van der Waals surface area contributed by atoms with Crippen molar-refractivity contribution in [1.29, 1.82) is 0 Å². The summed E-state index contributed by atoms with van der Waals surface area (Å²) in [5, 5.41) is 12.7. The lowest BCUT2D eigenvalue weighted by atomic mass is 10.3. The normalized spacial score (nSPS) is 10.4. The van der Waals surface area contributed by atoms with Crippen molar-refractivity contribution < 1.29 is 14.3 Å². The fraction of sp³-hybridized carbons (Fsp3) is 0.100. The van der Waals surface area contributed by atoms with Crippen LogP contribution in [-0.2, 0) is 0 Å². The molecule has 0 aliphatic heterocycles. The number of aromatic carboxylic acids is 1. The monoisotopic (exact) mass is 221 g/mol. The molecule has 0 fully saturated rings. The van der Waals surface area contributed by atoms with Gasteiger partial charge in [-0.2, -0.15) is 5.10 Å². The van der Waals surface area contributed by atoms with E-state index in [4.69, 9.17) is 5.11 Å². The summed E-state index contributed by atoms with van der Waals surface area (Å²) < 4.78 is 14.0. The number of hydrogen-bond donors (Lipinski definition) is 1. The maximum absolute atomic E-state index is 12.7. The molecule has 2 heterocycles. The molecule has 0 saturated carbocycles. The topological polar surface area (TPSA) is 68.0 Å². The van der Waals surface area contributed by atoms with Gasteiger partial charge in [-0.05, 0) is 19.1 Å². The van der Waals surface area contributed by atoms with E-state index in [1.807, 2.05) is 0 Å². The highest BCUT2D eigenvalue weighted by Crippen LogP contribution is 2.12. The van der Waals surface area contributed by atoms with Crippen LogP contribution in [0.5, 0.6) is 0 Å². The molecule has 6 heteroatoms. The minimum Gasteiger partial charge on any atom is -0.478 e. The molecule has 0 aromatic carbocycles. The lowest BCUT2D eigenvalue weighted by Gasteiger charge is -2.02. The first-order valence-electron chi connectivity index (χ1n) is 4.49. The number of pyridine rings is 1. The van der Waals surface area contributed by atoms with Crippen molar-refractivity contribution in [1.82, 2.24) is 14.8 Å². The Bertz CT molecular complexity index is 533. The summed E-state index contributed by atoms with van der Waals surface area (Å²) >= 11 is 0. The number of nitrogens with zero attached hydrogens (tertiary/aromatic N) is 3. The molecular formula is C10H8FN3O2. The molecule has 2 aromatic heterocycles. The van der Waals surface area contributed by atoms with E-state index < -0.39 is 11.8 Å². The molecule has 0 saturated heterocycles. The summed E-state index contributed by atoms with van der Waals surface area (Å²) in [6.07, 6.45) is 2.29. The molecular weight excluding hydrogens is 213 g/mol. The molecule has 0 atom stereocenters. The van der Waals surface area contributed by atoms with Gasteiger partial charge in [0.25, 0.3) is 0 Å². The molecule has 0 unspecified atom stereocenters. The second-order valence-electron chi connectivity index (χ2n) is 3.20. The van der Waals surface area contributed by atoms with Crippen molar-refractivity contribution >= 4 is 5.97 Å². The Labute approximate surface area is 90.2 Å². The molecule has 0 bridgehead atoms. The van der Waals surface area contributed by atoms with Crippen LogP contribution in [0.15, 0.2) is 24.5 Å². The van der Waals surface area contributed by atoms with Crippen LogP contribution in [0.2, 0.25) is 0 Å². The van der Waals surface area contributed by atoms with E-state index in [1.54, 1.807) is 6.92 Å². The van der Waals surface area contributed by atoms with Crippen molar-refractivity contribution in [2.75, 3.05) is 0 Å². The van der Waals surface area contributed by atoms with E-state index in [1.165, 1.54) is 23.0 Å². The molecule has 1 N–H and O–H groups in total. The molecule has 0 aliphatic carbocycles. The fourth-order valence-corrected chi connectivity index (χ4v) is 1.34. The number of halogens is 1. The minimum absolute atomic E-state index is 0.103. The lowest BCUT2D eigenvalue weighted by Crippen LogP contribution is -2.04. The zero-order valence-electron chi connectivity index (χ0n) is 8.38. The fourth-order valence-electron chi connectivity index (χ4n) is 1.34. The van der Waals surface area contributed by atoms with Crippen LogP contribution < -0.4 is 0 Å². The summed E-state index contributed by atoms with van der Waals surface area (Å²) in [5.41, 5.74) is 0.553. The van der Waals surface area contributed by atoms with Gasteiger partial charge in [0.05, 0.1) is 18.1 Å². The highest BCUT2D eigenvalue weighted by atomic mass is 19.1. The van der Waals surface area contributed by atoms with Gasteiger partial charge in [0.2, 0.25) is 0 Å². The summed E-state index contributed by atoms with van der Waals surface area (Å²) in [5.74, 6) is -1.12. The molecule has 5 nitrogen and oxygen atoms in total. The Kier molecular flexibility index (Phi) is 2.40. The van der Waals surface area contributed by atoms with Crippen LogP contribution in [0.4, 0.5) is 4.39 Å². The molecule has 0 aliphatic rings. The Morgan fingerprint density at radius 3 is 2.69 bits per heavy atom. The second kappa shape index (κ2) is 3.73. The largest absolute Gasteiger partial charge is 0.478 e. The van der Waals surface area contributed by atoms with Gasteiger partial charge in [-0.1, -0.05) is 0 Å². The minimum atomic E-state index is -1.05. The van der Waals surface area contributed by atoms with Gasteiger partial charge in [0.1, 0.15) is 11.4 Å². The SMILES string of the molecule is Cc1c(C(=O)O)cnn1-c1ccc(F)cn1. The van der Waals surface area contributed by atoms with Gasteiger partial charge in [-0.3, -0.25) is 0 Å². The van der Waals surface area contributed by atoms with Crippen molar-refractivity contribution in [3.8, 4) is 5.82 Å². The number of carboxylic acid groups (broad SMARTS) is 1. The number of carboxylic acids is 1. The van der Waals surface area contributed by atoms with E-state index in [0.29, 0.717) is 11.5 Å². The first-order valence-corrected chi connectivity index (χ1v) is 4.49. The van der Waals surface area contributed by atoms with E-state index in [9.17, 15) is 9.18 Å². The van der Waals surface area contributed by atoms with E-state index >= 15 is 0 Å². The zero-order chi connectivity index (χ0) is 11.7. The number of aromatic nitrogens is 3. The smallest absolute Gasteiger partial charge is 0.339 e. The van der Waals surface area contributed by atoms with Gasteiger partial charge < -0.3 is 5.11 Å². The summed E-state index contributed by atoms with van der Waals surface area (Å²) in [6, 6.07) is 2.67. The van der Waals surface area contributed by atoms with Gasteiger partial charge >= 0.3 is 5.97 Å². The van der Waals surface area contributed by atoms with Crippen molar-refractivity contribution in [2.24, 2.45) is 0 Å². The Balaban J connectivity index is 2.49. The highest BCUT2D eigenvalue weighted by Gasteiger charge is 2.14. The molecule has 82 valence electrons. The third kappa shape index (κ3) is 1.65. The Morgan fingerprint density at radius 1 is 1.44 bits per heavy atom. The Hall–Kier alpha value is -2.24. The average Bonchev–Trinajstić information content (AvgIpc) is 2.61. The average molecular weight is 221 g/mol. The van der Waals surface area contributed by atoms with Crippen LogP contribution in [0.3, 0.4) is 0 Å². The molecule has 0 spiro atoms. The van der Waals surface area contributed by atoms with Crippen LogP contribution in [-0.4, -0.2) is 25.8 Å². The van der Waals surface area contributed by atoms with Crippen molar-refractivity contribution in [3.63, 3.8) is 0 Å². The van der Waals surface area contributed by atoms with Crippen LogP contribution in [0.1, 0.15) is 16.1 Å². The maximum Gasteiger partial charge on any atom is 0.339 e. The van der Waals surface area contributed by atoms with Gasteiger partial charge in [-0.25, -0.2) is 18.9 Å². The van der Waals surface area contributed by atoms with Crippen LogP contribution in [0.25, 0.3) is 5.82 Å². The number of rotatable bonds is 2. The molecule has 0 radical (unpaired) electrons. The summed E-state index contributed by atoms with van der Waals surface area (Å²) in [6.45, 7) is 1.61. The maximum atomic E-state index is 12.7. The molecule has 2 rings (SSSR count). The zero-order valence-corrected chi connectivity index (χ0v) is 8.38. The predicted octanol–water partition coefficient (Wildman–Crippen LogP) is 1.41. The van der Waals surface area contributed by atoms with E-state index in [-0.39, 0.29) is 5.56 Å². The van der Waals surface area contributed by atoms with Crippen molar-refractivity contribution in [2.45, 2.75) is 6.92 Å².